The molecule has 0 saturated heterocycles. The molecule has 0 aromatic heterocycles. The van der Waals surface area contributed by atoms with Gasteiger partial charge in [-0.1, -0.05) is 0 Å². The Kier molecular flexibility index (Phi) is 6.76. The second-order valence-electron chi connectivity index (χ2n) is 5.45. The smallest absolute Gasteiger partial charge is 0.485 e. The van der Waals surface area contributed by atoms with Crippen LogP contribution in [-0.4, -0.2) is 45.6 Å². The highest BCUT2D eigenvalue weighted by atomic mass is 32.2. The van der Waals surface area contributed by atoms with Gasteiger partial charge in [0.1, 0.15) is 11.4 Å². The van der Waals surface area contributed by atoms with Gasteiger partial charge in [-0.3, -0.25) is 9.28 Å². The summed E-state index contributed by atoms with van der Waals surface area (Å²) in [6.07, 6.45) is 0. The third-order valence-corrected chi connectivity index (χ3v) is 3.00. The molecule has 0 aliphatic carbocycles. The Morgan fingerprint density at radius 1 is 1.22 bits per heavy atom. The van der Waals surface area contributed by atoms with Crippen molar-refractivity contribution in [3.8, 4) is 5.75 Å². The Labute approximate surface area is 132 Å². The third kappa shape index (κ3) is 7.44. The zero-order valence-corrected chi connectivity index (χ0v) is 14.1. The molecule has 132 valence electrons. The summed E-state index contributed by atoms with van der Waals surface area (Å²) in [5.41, 5.74) is -3.31. The van der Waals surface area contributed by atoms with E-state index in [0.717, 1.165) is 10.0 Å². The Bertz CT molecular complexity index is 663. The van der Waals surface area contributed by atoms with E-state index in [0.29, 0.717) is 5.75 Å². The van der Waals surface area contributed by atoms with Gasteiger partial charge >= 0.3 is 11.5 Å². The zero-order valence-electron chi connectivity index (χ0n) is 13.3. The van der Waals surface area contributed by atoms with Gasteiger partial charge in [-0.25, -0.2) is 8.42 Å². The van der Waals surface area contributed by atoms with E-state index in [1.807, 2.05) is 25.1 Å². The number of halogens is 3. The Hall–Kier alpha value is -1.65. The summed E-state index contributed by atoms with van der Waals surface area (Å²) in [5, 5.41) is 0. The number of rotatable bonds is 2. The first-order chi connectivity index (χ1) is 10.1. The van der Waals surface area contributed by atoms with E-state index < -0.39 is 15.6 Å². The minimum Gasteiger partial charge on any atom is -0.741 e. The highest BCUT2D eigenvalue weighted by molar-refractivity contribution is 7.86. The van der Waals surface area contributed by atoms with Crippen LogP contribution >= 0.6 is 0 Å². The van der Waals surface area contributed by atoms with E-state index in [2.05, 4.69) is 21.1 Å². The summed E-state index contributed by atoms with van der Waals surface area (Å²) in [7, 11) is 0.225. The summed E-state index contributed by atoms with van der Waals surface area (Å²) >= 11 is 0. The van der Waals surface area contributed by atoms with Gasteiger partial charge in [0, 0.05) is 18.6 Å². The van der Waals surface area contributed by atoms with Crippen LogP contribution < -0.4 is 9.22 Å². The largest absolute Gasteiger partial charge is 0.741 e. The summed E-state index contributed by atoms with van der Waals surface area (Å²) in [5.74, 6) is 0.324. The summed E-state index contributed by atoms with van der Waals surface area (Å²) in [6, 6.07) is 5.71. The topological polar surface area (TPSA) is 83.5 Å². The van der Waals surface area contributed by atoms with Crippen molar-refractivity contribution in [1.82, 2.24) is 4.48 Å². The quantitative estimate of drug-likeness (QED) is 0.266. The molecule has 6 nitrogen and oxygen atoms in total. The van der Waals surface area contributed by atoms with Crippen LogP contribution in [0.4, 0.5) is 18.9 Å². The number of nitrogens with zero attached hydrogens (tertiary/aromatic N) is 1. The predicted octanol–water partition coefficient (Wildman–Crippen LogP) is 2.17. The number of carbonyl (C=O) groups excluding carboxylic acids is 1. The molecule has 1 aromatic carbocycles. The number of hydrogen-bond acceptors (Lipinski definition) is 5. The molecule has 0 atom stereocenters. The maximum absolute atomic E-state index is 10.8. The maximum Gasteiger partial charge on any atom is 0.485 e. The minimum absolute atomic E-state index is 0.285. The number of esters is 1. The van der Waals surface area contributed by atoms with Gasteiger partial charge in [0.25, 0.3) is 0 Å². The molecule has 0 aliphatic heterocycles. The molecule has 0 fully saturated rings. The van der Waals surface area contributed by atoms with Gasteiger partial charge in [-0.15, -0.1) is 0 Å². The number of ether oxygens (including phenoxy) is 1. The van der Waals surface area contributed by atoms with Crippen molar-refractivity contribution in [2.24, 2.45) is 0 Å². The summed E-state index contributed by atoms with van der Waals surface area (Å²) < 4.78 is 64.7. The minimum atomic E-state index is -6.09. The maximum atomic E-state index is 10.8. The van der Waals surface area contributed by atoms with Gasteiger partial charge in [0.05, 0.1) is 21.1 Å². The standard InChI is InChI=1S/C12H18NO2.CHF3O3S/c1-9-8-11(15-10(2)14)6-7-12(9)13(3,4)5;2-1(3,4)8(5,6)7/h6-8H,1-5H3;(H,5,6,7)/q+1;/p-1. The van der Waals surface area contributed by atoms with E-state index in [9.17, 15) is 18.0 Å². The molecule has 0 aliphatic rings. The van der Waals surface area contributed by atoms with Crippen molar-refractivity contribution in [1.29, 1.82) is 0 Å². The lowest BCUT2D eigenvalue weighted by Gasteiger charge is -2.25. The molecule has 0 saturated carbocycles. The van der Waals surface area contributed by atoms with E-state index in [1.54, 1.807) is 0 Å². The normalized spacial score (nSPS) is 12.2. The van der Waals surface area contributed by atoms with Gasteiger partial charge in [-0.2, -0.15) is 13.2 Å². The van der Waals surface area contributed by atoms with Gasteiger partial charge in [0.15, 0.2) is 10.1 Å². The first kappa shape index (κ1) is 21.4. The van der Waals surface area contributed by atoms with E-state index in [4.69, 9.17) is 17.7 Å². The van der Waals surface area contributed by atoms with Crippen LogP contribution in [0.1, 0.15) is 12.5 Å². The monoisotopic (exact) mass is 357 g/mol. The lowest BCUT2D eigenvalue weighted by atomic mass is 10.1. The van der Waals surface area contributed by atoms with Crippen molar-refractivity contribution in [3.63, 3.8) is 0 Å². The molecule has 0 bridgehead atoms. The highest BCUT2D eigenvalue weighted by Crippen LogP contribution is 2.26. The van der Waals surface area contributed by atoms with Crippen LogP contribution in [0, 0.1) is 6.92 Å². The van der Waals surface area contributed by atoms with Crippen LogP contribution in [0.15, 0.2) is 18.2 Å². The van der Waals surface area contributed by atoms with Gasteiger partial charge in [0.2, 0.25) is 0 Å². The lowest BCUT2D eigenvalue weighted by molar-refractivity contribution is -0.131. The first-order valence-electron chi connectivity index (χ1n) is 6.19. The molecule has 0 spiro atoms. The van der Waals surface area contributed by atoms with Crippen LogP contribution in [0.3, 0.4) is 0 Å². The second kappa shape index (κ2) is 7.28. The summed E-state index contributed by atoms with van der Waals surface area (Å²) in [4.78, 5) is 10.8. The Morgan fingerprint density at radius 2 is 1.65 bits per heavy atom. The fourth-order valence-corrected chi connectivity index (χ4v) is 1.61. The second-order valence-corrected chi connectivity index (χ2v) is 6.83. The van der Waals surface area contributed by atoms with Gasteiger partial charge in [-0.05, 0) is 19.1 Å². The van der Waals surface area contributed by atoms with Crippen molar-refractivity contribution < 1.29 is 35.7 Å². The number of alkyl halides is 3. The van der Waals surface area contributed by atoms with Crippen molar-refractivity contribution in [3.05, 3.63) is 23.8 Å². The Balaban J connectivity index is 0.000000515. The lowest BCUT2D eigenvalue weighted by Crippen LogP contribution is -2.35. The number of carbonyl (C=O) groups is 1. The fourth-order valence-electron chi connectivity index (χ4n) is 1.61. The predicted molar refractivity (Wildman–Crippen MR) is 77.8 cm³/mol. The van der Waals surface area contributed by atoms with E-state index in [1.165, 1.54) is 12.6 Å². The molecule has 0 N–H and O–H groups in total. The molecular formula is C13H18F3NO5S. The van der Waals surface area contributed by atoms with E-state index >= 15 is 0 Å². The average molecular weight is 357 g/mol. The van der Waals surface area contributed by atoms with Crippen LogP contribution in [0.5, 0.6) is 5.75 Å². The Morgan fingerprint density at radius 3 is 1.91 bits per heavy atom. The molecule has 0 amide bonds. The van der Waals surface area contributed by atoms with Crippen LogP contribution in [-0.2, 0) is 14.9 Å². The number of benzene rings is 1. The molecule has 10 heteroatoms. The molecule has 0 radical (unpaired) electrons. The fraction of sp³-hybridized carbons (Fsp3) is 0.462. The zero-order chi connectivity index (χ0) is 18.6. The van der Waals surface area contributed by atoms with Crippen molar-refractivity contribution in [2.75, 3.05) is 21.1 Å². The SMILES string of the molecule is CC(=O)Oc1ccc([N+](C)(C)C)c(C)c1.O=S(=O)([O-])C(F)(F)F. The van der Waals surface area contributed by atoms with Crippen molar-refractivity contribution in [2.45, 2.75) is 19.4 Å². The van der Waals surface area contributed by atoms with Crippen LogP contribution in [0.25, 0.3) is 0 Å². The van der Waals surface area contributed by atoms with Crippen LogP contribution in [0.2, 0.25) is 0 Å². The molecule has 23 heavy (non-hydrogen) atoms. The molecule has 1 aromatic rings. The molecule has 0 heterocycles. The average Bonchev–Trinajstić information content (AvgIpc) is 2.23. The van der Waals surface area contributed by atoms with E-state index in [-0.39, 0.29) is 5.97 Å². The van der Waals surface area contributed by atoms with Crippen molar-refractivity contribution >= 4 is 21.8 Å². The number of hydrogen-bond donors (Lipinski definition) is 0. The third-order valence-electron chi connectivity index (χ3n) is 2.44. The number of quaternary nitrogens is 1. The molecule has 0 unspecified atom stereocenters. The summed E-state index contributed by atoms with van der Waals surface area (Å²) in [6.45, 7) is 3.43. The number of aryl methyl sites for hydroxylation is 1. The first-order valence-corrected chi connectivity index (χ1v) is 7.59. The highest BCUT2D eigenvalue weighted by Gasteiger charge is 2.36. The molecular weight excluding hydrogens is 339 g/mol. The van der Waals surface area contributed by atoms with Gasteiger partial charge < -0.3 is 9.29 Å². The molecule has 1 rings (SSSR count).